The van der Waals surface area contributed by atoms with E-state index in [1.807, 2.05) is 6.07 Å². The van der Waals surface area contributed by atoms with Crippen LogP contribution in [-0.4, -0.2) is 0 Å². The van der Waals surface area contributed by atoms with Crippen molar-refractivity contribution in [2.24, 2.45) is 0 Å². The van der Waals surface area contributed by atoms with Crippen molar-refractivity contribution in [1.29, 1.82) is 5.26 Å². The molecular formula is C12H8BrFN2O. The number of furan rings is 1. The van der Waals surface area contributed by atoms with Gasteiger partial charge < -0.3 is 9.73 Å². The van der Waals surface area contributed by atoms with Gasteiger partial charge >= 0.3 is 0 Å². The second-order valence-electron chi connectivity index (χ2n) is 3.39. The number of nitrogens with zero attached hydrogens (tertiary/aromatic N) is 1. The Hall–Kier alpha value is -1.80. The molecule has 2 rings (SSSR count). The molecule has 0 aliphatic carbocycles. The minimum Gasteiger partial charge on any atom is -0.472 e. The van der Waals surface area contributed by atoms with Gasteiger partial charge in [0.25, 0.3) is 0 Å². The van der Waals surface area contributed by atoms with E-state index in [0.29, 0.717) is 12.2 Å². The largest absolute Gasteiger partial charge is 0.472 e. The van der Waals surface area contributed by atoms with Gasteiger partial charge in [-0.1, -0.05) is 0 Å². The lowest BCUT2D eigenvalue weighted by molar-refractivity contribution is 0.564. The van der Waals surface area contributed by atoms with Gasteiger partial charge in [-0.25, -0.2) is 4.39 Å². The van der Waals surface area contributed by atoms with Gasteiger partial charge in [0.2, 0.25) is 0 Å². The van der Waals surface area contributed by atoms with Gasteiger partial charge in [0, 0.05) is 12.1 Å². The lowest BCUT2D eigenvalue weighted by atomic mass is 10.2. The highest BCUT2D eigenvalue weighted by molar-refractivity contribution is 9.10. The third-order valence-corrected chi connectivity index (χ3v) is 3.04. The summed E-state index contributed by atoms with van der Waals surface area (Å²) in [6, 6.07) is 6.80. The quantitative estimate of drug-likeness (QED) is 0.940. The van der Waals surface area contributed by atoms with Crippen LogP contribution in [0.25, 0.3) is 0 Å². The van der Waals surface area contributed by atoms with Crippen LogP contribution in [0.5, 0.6) is 0 Å². The van der Waals surface area contributed by atoms with Crippen LogP contribution in [-0.2, 0) is 6.54 Å². The summed E-state index contributed by atoms with van der Waals surface area (Å²) in [7, 11) is 0. The Morgan fingerprint density at radius 3 is 2.88 bits per heavy atom. The van der Waals surface area contributed by atoms with Crippen molar-refractivity contribution in [3.05, 3.63) is 52.1 Å². The number of benzene rings is 1. The highest BCUT2D eigenvalue weighted by atomic mass is 79.9. The summed E-state index contributed by atoms with van der Waals surface area (Å²) in [5.74, 6) is -0.465. The minimum atomic E-state index is -0.465. The molecule has 1 heterocycles. The average molecular weight is 295 g/mol. The fraction of sp³-hybridized carbons (Fsp3) is 0.0833. The van der Waals surface area contributed by atoms with Crippen LogP contribution in [0.4, 0.5) is 10.1 Å². The predicted octanol–water partition coefficient (Wildman–Crippen LogP) is 3.66. The molecule has 0 atom stereocenters. The molecule has 0 aliphatic heterocycles. The van der Waals surface area contributed by atoms with Gasteiger partial charge in [-0.3, -0.25) is 0 Å². The first-order valence-electron chi connectivity index (χ1n) is 4.85. The molecule has 0 amide bonds. The molecule has 0 aliphatic rings. The Bertz CT molecular complexity index is 561. The normalized spacial score (nSPS) is 9.94. The molecule has 0 saturated carbocycles. The van der Waals surface area contributed by atoms with Gasteiger partial charge in [0.15, 0.2) is 5.82 Å². The number of anilines is 1. The smallest absolute Gasteiger partial charge is 0.161 e. The fourth-order valence-electron chi connectivity index (χ4n) is 1.36. The maximum absolute atomic E-state index is 13.8. The highest BCUT2D eigenvalue weighted by Crippen LogP contribution is 2.26. The number of halogens is 2. The van der Waals surface area contributed by atoms with E-state index in [0.717, 1.165) is 5.56 Å². The standard InChI is InChI=1S/C12H8BrFN2O/c13-11-9(5-15)1-2-10(12(11)14)16-6-8-3-4-17-7-8/h1-4,7,16H,6H2. The second-order valence-corrected chi connectivity index (χ2v) is 4.18. The molecule has 0 saturated heterocycles. The Morgan fingerprint density at radius 2 is 2.24 bits per heavy atom. The molecule has 17 heavy (non-hydrogen) atoms. The van der Waals surface area contributed by atoms with Crippen LogP contribution >= 0.6 is 15.9 Å². The Labute approximate surface area is 106 Å². The average Bonchev–Trinajstić information content (AvgIpc) is 2.84. The van der Waals surface area contributed by atoms with Crippen molar-refractivity contribution in [2.45, 2.75) is 6.54 Å². The maximum atomic E-state index is 13.8. The number of rotatable bonds is 3. The van der Waals surface area contributed by atoms with Crippen molar-refractivity contribution in [2.75, 3.05) is 5.32 Å². The molecule has 0 bridgehead atoms. The fourth-order valence-corrected chi connectivity index (χ4v) is 1.80. The first-order valence-corrected chi connectivity index (χ1v) is 5.64. The Balaban J connectivity index is 2.17. The van der Waals surface area contributed by atoms with E-state index in [1.165, 1.54) is 0 Å². The monoisotopic (exact) mass is 294 g/mol. The molecule has 1 N–H and O–H groups in total. The van der Waals surface area contributed by atoms with Crippen LogP contribution in [0.2, 0.25) is 0 Å². The summed E-state index contributed by atoms with van der Waals surface area (Å²) >= 11 is 3.05. The molecule has 2 aromatic rings. The summed E-state index contributed by atoms with van der Waals surface area (Å²) in [4.78, 5) is 0. The molecule has 0 fully saturated rings. The molecule has 86 valence electrons. The lowest BCUT2D eigenvalue weighted by Gasteiger charge is -2.08. The Kier molecular flexibility index (Phi) is 3.45. The zero-order chi connectivity index (χ0) is 12.3. The van der Waals surface area contributed by atoms with Crippen molar-refractivity contribution >= 4 is 21.6 Å². The van der Waals surface area contributed by atoms with E-state index >= 15 is 0 Å². The zero-order valence-electron chi connectivity index (χ0n) is 8.71. The summed E-state index contributed by atoms with van der Waals surface area (Å²) in [6.45, 7) is 0.464. The molecular weight excluding hydrogens is 287 g/mol. The zero-order valence-corrected chi connectivity index (χ0v) is 10.3. The van der Waals surface area contributed by atoms with E-state index in [9.17, 15) is 4.39 Å². The second kappa shape index (κ2) is 5.02. The topological polar surface area (TPSA) is 49.0 Å². The van der Waals surface area contributed by atoms with Crippen molar-refractivity contribution in [1.82, 2.24) is 0 Å². The van der Waals surface area contributed by atoms with E-state index in [1.54, 1.807) is 30.7 Å². The number of hydrogen-bond donors (Lipinski definition) is 1. The SMILES string of the molecule is N#Cc1ccc(NCc2ccoc2)c(F)c1Br. The van der Waals surface area contributed by atoms with Crippen LogP contribution in [0, 0.1) is 17.1 Å². The molecule has 1 aromatic carbocycles. The van der Waals surface area contributed by atoms with Gasteiger partial charge in [0.1, 0.15) is 6.07 Å². The molecule has 0 radical (unpaired) electrons. The van der Waals surface area contributed by atoms with Crippen LogP contribution in [0.1, 0.15) is 11.1 Å². The summed E-state index contributed by atoms with van der Waals surface area (Å²) in [6.07, 6.45) is 3.14. The van der Waals surface area contributed by atoms with Gasteiger partial charge in [0.05, 0.1) is 28.2 Å². The van der Waals surface area contributed by atoms with Crippen LogP contribution in [0.3, 0.4) is 0 Å². The lowest BCUT2D eigenvalue weighted by Crippen LogP contribution is -2.01. The third-order valence-electron chi connectivity index (χ3n) is 2.27. The van der Waals surface area contributed by atoms with E-state index in [2.05, 4.69) is 21.2 Å². The summed E-state index contributed by atoms with van der Waals surface area (Å²) in [5.41, 5.74) is 1.54. The molecule has 1 aromatic heterocycles. The third kappa shape index (κ3) is 2.48. The number of nitrogens with one attached hydrogen (secondary N) is 1. The molecule has 3 nitrogen and oxygen atoms in total. The van der Waals surface area contributed by atoms with Gasteiger partial charge in [-0.2, -0.15) is 5.26 Å². The summed E-state index contributed by atoms with van der Waals surface area (Å²) < 4.78 is 18.9. The van der Waals surface area contributed by atoms with Crippen LogP contribution in [0.15, 0.2) is 39.6 Å². The van der Waals surface area contributed by atoms with Crippen molar-refractivity contribution < 1.29 is 8.81 Å². The van der Waals surface area contributed by atoms with E-state index < -0.39 is 5.82 Å². The molecule has 0 unspecified atom stereocenters. The first kappa shape index (κ1) is 11.7. The van der Waals surface area contributed by atoms with E-state index in [-0.39, 0.29) is 10.0 Å². The minimum absolute atomic E-state index is 0.178. The van der Waals surface area contributed by atoms with E-state index in [4.69, 9.17) is 9.68 Å². The number of nitriles is 1. The Morgan fingerprint density at radius 1 is 1.41 bits per heavy atom. The predicted molar refractivity (Wildman–Crippen MR) is 64.8 cm³/mol. The van der Waals surface area contributed by atoms with Crippen LogP contribution < -0.4 is 5.32 Å². The summed E-state index contributed by atoms with van der Waals surface area (Å²) in [5, 5.41) is 11.7. The van der Waals surface area contributed by atoms with Gasteiger partial charge in [-0.15, -0.1) is 0 Å². The highest BCUT2D eigenvalue weighted by Gasteiger charge is 2.10. The first-order chi connectivity index (χ1) is 8.22. The molecule has 0 spiro atoms. The molecule has 5 heteroatoms. The maximum Gasteiger partial charge on any atom is 0.161 e. The van der Waals surface area contributed by atoms with Crippen molar-refractivity contribution in [3.8, 4) is 6.07 Å². The number of hydrogen-bond acceptors (Lipinski definition) is 3. The van der Waals surface area contributed by atoms with Crippen molar-refractivity contribution in [3.63, 3.8) is 0 Å². The van der Waals surface area contributed by atoms with Gasteiger partial charge in [-0.05, 0) is 34.1 Å².